The molecule has 3 rings (SSSR count). The molecule has 9 heteroatoms. The lowest BCUT2D eigenvalue weighted by Crippen LogP contribution is -2.71. The Balaban J connectivity index is 1.81. The zero-order valence-corrected chi connectivity index (χ0v) is 16.5. The lowest BCUT2D eigenvalue weighted by molar-refractivity contribution is -0.167. The molecule has 28 heavy (non-hydrogen) atoms. The van der Waals surface area contributed by atoms with Gasteiger partial charge in [-0.2, -0.15) is 11.8 Å². The fourth-order valence-electron chi connectivity index (χ4n) is 3.87. The minimum atomic E-state index is -1.09. The summed E-state index contributed by atoms with van der Waals surface area (Å²) in [5, 5.41) is 9.56. The van der Waals surface area contributed by atoms with Gasteiger partial charge in [-0.05, 0) is 42.5 Å². The van der Waals surface area contributed by atoms with E-state index in [2.05, 4.69) is 0 Å². The molecule has 7 nitrogen and oxygen atoms in total. The van der Waals surface area contributed by atoms with E-state index in [1.807, 2.05) is 6.26 Å². The predicted molar refractivity (Wildman–Crippen MR) is 103 cm³/mol. The van der Waals surface area contributed by atoms with Gasteiger partial charge in [0.15, 0.2) is 0 Å². The van der Waals surface area contributed by atoms with Crippen molar-refractivity contribution in [2.75, 3.05) is 31.6 Å². The second-order valence-electron chi connectivity index (χ2n) is 6.97. The first-order chi connectivity index (χ1) is 13.4. The molecule has 2 aliphatic rings. The first-order valence-electron chi connectivity index (χ1n) is 9.25. The minimum Gasteiger partial charge on any atom is -0.465 e. The zero-order chi connectivity index (χ0) is 20.3. The quantitative estimate of drug-likeness (QED) is 0.776. The number of rotatable bonds is 6. The normalized spacial score (nSPS) is 22.4. The first kappa shape index (κ1) is 20.4. The number of carboxylic acid groups (broad SMARTS) is 1. The summed E-state index contributed by atoms with van der Waals surface area (Å²) < 4.78 is 13.4. The summed E-state index contributed by atoms with van der Waals surface area (Å²) in [4.78, 5) is 41.6. The maximum atomic E-state index is 13.4. The smallest absolute Gasteiger partial charge is 0.409 e. The number of nitrogens with zero attached hydrogens (tertiary/aromatic N) is 3. The van der Waals surface area contributed by atoms with E-state index in [0.29, 0.717) is 25.1 Å². The third-order valence-electron chi connectivity index (χ3n) is 5.25. The summed E-state index contributed by atoms with van der Waals surface area (Å²) in [5.74, 6) is 0.0213. The van der Waals surface area contributed by atoms with Crippen molar-refractivity contribution in [3.05, 3.63) is 35.6 Å². The molecule has 0 unspecified atom stereocenters. The number of halogens is 1. The number of carbonyl (C=O) groups is 3. The van der Waals surface area contributed by atoms with E-state index >= 15 is 0 Å². The standard InChI is InChI=1S/C19H24FN3O4S/c1-28-10-7-15-18(25)21(8-5-13-3-2-4-14(20)11-13)12-16-22(19(26)27)9-6-17(24)23(15)16/h2-4,11,15-16H,5-10,12H2,1H3,(H,26,27)/t15-,16+/m0/s1. The van der Waals surface area contributed by atoms with Crippen LogP contribution in [0.1, 0.15) is 18.4 Å². The number of amides is 3. The van der Waals surface area contributed by atoms with Crippen LogP contribution in [0.5, 0.6) is 0 Å². The van der Waals surface area contributed by atoms with E-state index in [1.165, 1.54) is 21.9 Å². The number of piperazine rings is 1. The van der Waals surface area contributed by atoms with Gasteiger partial charge in [0.1, 0.15) is 18.0 Å². The van der Waals surface area contributed by atoms with E-state index in [1.54, 1.807) is 28.8 Å². The van der Waals surface area contributed by atoms with Crippen molar-refractivity contribution >= 4 is 29.7 Å². The van der Waals surface area contributed by atoms with Crippen molar-refractivity contribution in [2.24, 2.45) is 0 Å². The van der Waals surface area contributed by atoms with Crippen LogP contribution < -0.4 is 0 Å². The maximum Gasteiger partial charge on any atom is 0.409 e. The first-order valence-corrected chi connectivity index (χ1v) is 10.6. The number of hydrogen-bond acceptors (Lipinski definition) is 4. The zero-order valence-electron chi connectivity index (χ0n) is 15.7. The molecule has 3 amide bonds. The average molecular weight is 409 g/mol. The molecule has 1 aromatic rings. The van der Waals surface area contributed by atoms with Crippen LogP contribution in [0.3, 0.4) is 0 Å². The van der Waals surface area contributed by atoms with E-state index in [4.69, 9.17) is 0 Å². The summed E-state index contributed by atoms with van der Waals surface area (Å²) in [6.45, 7) is 0.627. The number of thioether (sulfide) groups is 1. The molecule has 2 fully saturated rings. The van der Waals surface area contributed by atoms with E-state index in [0.717, 1.165) is 5.56 Å². The van der Waals surface area contributed by atoms with Gasteiger partial charge in [0.05, 0.1) is 6.54 Å². The SMILES string of the molecule is CSCC[C@H]1C(=O)N(CCc2cccc(F)c2)C[C@@H]2N(C(=O)O)CCC(=O)N21. The summed E-state index contributed by atoms with van der Waals surface area (Å²) in [5.41, 5.74) is 0.769. The fraction of sp³-hybridized carbons (Fsp3) is 0.526. The molecule has 0 bridgehead atoms. The summed E-state index contributed by atoms with van der Waals surface area (Å²) in [6.07, 6.45) is 1.20. The van der Waals surface area contributed by atoms with Crippen LogP contribution in [0.25, 0.3) is 0 Å². The Morgan fingerprint density at radius 2 is 2.14 bits per heavy atom. The molecular weight excluding hydrogens is 385 g/mol. The van der Waals surface area contributed by atoms with Crippen molar-refractivity contribution in [1.29, 1.82) is 0 Å². The lowest BCUT2D eigenvalue weighted by Gasteiger charge is -2.51. The van der Waals surface area contributed by atoms with Crippen molar-refractivity contribution in [1.82, 2.24) is 14.7 Å². The van der Waals surface area contributed by atoms with Crippen molar-refractivity contribution in [2.45, 2.75) is 31.5 Å². The Morgan fingerprint density at radius 3 is 2.82 bits per heavy atom. The van der Waals surface area contributed by atoms with Gasteiger partial charge in [0, 0.05) is 19.5 Å². The van der Waals surface area contributed by atoms with Gasteiger partial charge in [-0.3, -0.25) is 14.5 Å². The molecule has 2 heterocycles. The molecule has 0 aliphatic carbocycles. The van der Waals surface area contributed by atoms with E-state index in [9.17, 15) is 23.9 Å². The highest BCUT2D eigenvalue weighted by Crippen LogP contribution is 2.28. The lowest BCUT2D eigenvalue weighted by atomic mass is 10.0. The van der Waals surface area contributed by atoms with Crippen LogP contribution >= 0.6 is 11.8 Å². The Morgan fingerprint density at radius 1 is 1.36 bits per heavy atom. The highest BCUT2D eigenvalue weighted by Gasteiger charge is 2.48. The molecule has 1 aromatic carbocycles. The minimum absolute atomic E-state index is 0.0924. The molecule has 0 saturated carbocycles. The Kier molecular flexibility index (Phi) is 6.43. The topological polar surface area (TPSA) is 81.2 Å². The largest absolute Gasteiger partial charge is 0.465 e. The second-order valence-corrected chi connectivity index (χ2v) is 7.95. The number of hydrogen-bond donors (Lipinski definition) is 1. The van der Waals surface area contributed by atoms with Gasteiger partial charge in [0.2, 0.25) is 11.8 Å². The van der Waals surface area contributed by atoms with Crippen molar-refractivity contribution in [3.8, 4) is 0 Å². The Labute approximate surface area is 167 Å². The van der Waals surface area contributed by atoms with E-state index in [-0.39, 0.29) is 37.1 Å². The number of carbonyl (C=O) groups excluding carboxylic acids is 2. The molecule has 0 radical (unpaired) electrons. The summed E-state index contributed by atoms with van der Waals surface area (Å²) in [6, 6.07) is 5.55. The maximum absolute atomic E-state index is 13.4. The van der Waals surface area contributed by atoms with Gasteiger partial charge in [0.25, 0.3) is 0 Å². The second kappa shape index (κ2) is 8.81. The van der Waals surface area contributed by atoms with Crippen LogP contribution in [-0.2, 0) is 16.0 Å². The third kappa shape index (κ3) is 4.24. The average Bonchev–Trinajstić information content (AvgIpc) is 2.66. The molecule has 2 saturated heterocycles. The molecule has 152 valence electrons. The third-order valence-corrected chi connectivity index (χ3v) is 5.90. The van der Waals surface area contributed by atoms with Crippen LogP contribution in [-0.4, -0.2) is 81.6 Å². The molecular formula is C19H24FN3O4S. The molecule has 2 atom stereocenters. The monoisotopic (exact) mass is 409 g/mol. The van der Waals surface area contributed by atoms with Gasteiger partial charge in [-0.25, -0.2) is 9.18 Å². The van der Waals surface area contributed by atoms with Gasteiger partial charge in [-0.15, -0.1) is 0 Å². The molecule has 2 aliphatic heterocycles. The molecule has 1 N–H and O–H groups in total. The molecule has 0 aromatic heterocycles. The van der Waals surface area contributed by atoms with Crippen molar-refractivity contribution in [3.63, 3.8) is 0 Å². The highest BCUT2D eigenvalue weighted by molar-refractivity contribution is 7.98. The molecule has 0 spiro atoms. The van der Waals surface area contributed by atoms with Gasteiger partial charge in [-0.1, -0.05) is 12.1 Å². The van der Waals surface area contributed by atoms with Crippen LogP contribution in [0.4, 0.5) is 9.18 Å². The van der Waals surface area contributed by atoms with Gasteiger partial charge >= 0.3 is 6.09 Å². The van der Waals surface area contributed by atoms with Gasteiger partial charge < -0.3 is 14.9 Å². The highest BCUT2D eigenvalue weighted by atomic mass is 32.2. The summed E-state index contributed by atoms with van der Waals surface area (Å²) in [7, 11) is 0. The summed E-state index contributed by atoms with van der Waals surface area (Å²) >= 11 is 1.58. The fourth-order valence-corrected chi connectivity index (χ4v) is 4.33. The van der Waals surface area contributed by atoms with Crippen LogP contribution in [0.2, 0.25) is 0 Å². The number of fused-ring (bicyclic) bond motifs is 1. The van der Waals surface area contributed by atoms with Crippen LogP contribution in [0.15, 0.2) is 24.3 Å². The number of benzene rings is 1. The van der Waals surface area contributed by atoms with Crippen molar-refractivity contribution < 1.29 is 23.9 Å². The van der Waals surface area contributed by atoms with E-state index < -0.39 is 18.3 Å². The Hall–Kier alpha value is -2.29. The van der Waals surface area contributed by atoms with Crippen LogP contribution in [0, 0.1) is 5.82 Å². The predicted octanol–water partition coefficient (Wildman–Crippen LogP) is 1.87. The Bertz CT molecular complexity index is 762.